The average molecular weight is 216 g/mol. The molecule has 0 aliphatic heterocycles. The van der Waals surface area contributed by atoms with Crippen LogP contribution in [0.15, 0.2) is 42.5 Å². The Morgan fingerprint density at radius 2 is 1.36 bits per heavy atom. The fraction of sp³-hybridized carbons (Fsp3) is 0. The normalized spacial score (nSPS) is 8.00. The molecule has 0 bridgehead atoms. The van der Waals surface area contributed by atoms with Gasteiger partial charge >= 0.3 is 88.7 Å². The van der Waals surface area contributed by atoms with Crippen LogP contribution >= 0.6 is 0 Å². The Bertz CT molecular complexity index is 396. The number of phenolic OH excluding ortho intramolecular Hbond substituents is 1. The first-order chi connectivity index (χ1) is 5.38. The van der Waals surface area contributed by atoms with Crippen molar-refractivity contribution in [2.45, 2.75) is 0 Å². The topological polar surface area (TPSA) is 20.2 Å². The summed E-state index contributed by atoms with van der Waals surface area (Å²) in [5, 5.41) is 11.4. The Morgan fingerprint density at radius 1 is 0.786 bits per heavy atom. The van der Waals surface area contributed by atoms with Crippen LogP contribution in [0.1, 0.15) is 4.28 Å². The zero-order valence-corrected chi connectivity index (χ0v) is 15.0. The molecule has 0 fully saturated rings. The zero-order chi connectivity index (χ0) is 7.68. The van der Waals surface area contributed by atoms with Crippen LogP contribution < -0.4 is 88.7 Å². The fourth-order valence-electron chi connectivity index (χ4n) is 1.21. The first kappa shape index (κ1) is 17.9. The molecule has 0 saturated heterocycles. The van der Waals surface area contributed by atoms with Gasteiger partial charge in [0.1, 0.15) is 5.75 Å². The first-order valence-electron chi connectivity index (χ1n) is 3.54. The van der Waals surface area contributed by atoms with Gasteiger partial charge in [-0.2, -0.15) is 0 Å². The van der Waals surface area contributed by atoms with E-state index in [1.807, 2.05) is 36.4 Å². The maximum absolute atomic E-state index is 9.37. The second-order valence-electron chi connectivity index (χ2n) is 2.50. The van der Waals surface area contributed by atoms with Crippen LogP contribution in [-0.4, -0.2) is 5.11 Å². The first-order valence-corrected chi connectivity index (χ1v) is 3.54. The Hall–Kier alpha value is 1.50. The van der Waals surface area contributed by atoms with E-state index in [4.69, 9.17) is 0 Å². The maximum Gasteiger partial charge on any atom is 1.00 e. The van der Waals surface area contributed by atoms with Gasteiger partial charge in [-0.05, 0) is 11.5 Å². The molecule has 0 aliphatic carbocycles. The van der Waals surface area contributed by atoms with Crippen molar-refractivity contribution in [3.05, 3.63) is 42.5 Å². The molecule has 0 spiro atoms. The van der Waals surface area contributed by atoms with E-state index in [0.717, 1.165) is 10.8 Å². The van der Waals surface area contributed by atoms with Crippen molar-refractivity contribution in [2.24, 2.45) is 0 Å². The molecule has 1 N–H and O–H groups in total. The number of rotatable bonds is 0. The number of hydrogen-bond donors (Lipinski definition) is 1. The second-order valence-corrected chi connectivity index (χ2v) is 2.50. The summed E-state index contributed by atoms with van der Waals surface area (Å²) >= 11 is 0. The minimum atomic E-state index is 0. The van der Waals surface area contributed by atoms with E-state index >= 15 is 0 Å². The molecule has 2 aromatic carbocycles. The largest absolute Gasteiger partial charge is 1.00 e. The van der Waals surface area contributed by atoms with Crippen molar-refractivity contribution in [3.63, 3.8) is 0 Å². The molecule has 14 heavy (non-hydrogen) atoms. The van der Waals surface area contributed by atoms with Crippen LogP contribution in [0.25, 0.3) is 10.8 Å². The summed E-state index contributed by atoms with van der Waals surface area (Å²) in [6.07, 6.45) is 0. The molecule has 0 radical (unpaired) electrons. The third-order valence-corrected chi connectivity index (χ3v) is 1.77. The summed E-state index contributed by atoms with van der Waals surface area (Å²) in [7, 11) is 0. The van der Waals surface area contributed by atoms with Crippen LogP contribution in [0.5, 0.6) is 5.75 Å². The van der Waals surface area contributed by atoms with Gasteiger partial charge in [0.05, 0.1) is 0 Å². The van der Waals surface area contributed by atoms with Gasteiger partial charge < -0.3 is 9.39 Å². The molecule has 2 aromatic rings. The molecule has 0 saturated carbocycles. The van der Waals surface area contributed by atoms with Gasteiger partial charge in [-0.15, -0.1) is 0 Å². The van der Waals surface area contributed by atoms with E-state index in [1.165, 1.54) is 0 Å². The van der Waals surface area contributed by atoms with Gasteiger partial charge in [-0.25, -0.2) is 0 Å². The summed E-state index contributed by atoms with van der Waals surface area (Å²) < 4.78 is 0. The monoisotopic (exact) mass is 216 g/mol. The molecule has 0 amide bonds. The van der Waals surface area contributed by atoms with Crippen molar-refractivity contribution in [2.75, 3.05) is 0 Å². The third kappa shape index (κ3) is 4.17. The van der Waals surface area contributed by atoms with Gasteiger partial charge in [0, 0.05) is 5.39 Å². The van der Waals surface area contributed by atoms with Crippen LogP contribution in [0, 0.1) is 0 Å². The fourth-order valence-corrected chi connectivity index (χ4v) is 1.21. The van der Waals surface area contributed by atoms with Gasteiger partial charge in [0.25, 0.3) is 0 Å². The summed E-state index contributed by atoms with van der Waals surface area (Å²) in [5.41, 5.74) is 0. The minimum absolute atomic E-state index is 0. The molecule has 0 unspecified atom stereocenters. The van der Waals surface area contributed by atoms with Crippen molar-refractivity contribution >= 4 is 10.8 Å². The molecular weight excluding hydrogens is 205 g/mol. The van der Waals surface area contributed by atoms with E-state index in [0.29, 0.717) is 5.75 Å². The Kier molecular flexibility index (Phi) is 11.0. The maximum atomic E-state index is 9.37. The number of fused-ring (bicyclic) bond motifs is 1. The minimum Gasteiger partial charge on any atom is -1.00 e. The molecule has 4 heteroatoms. The number of phenols is 1. The average Bonchev–Trinajstić information content (AvgIpc) is 2.06. The Balaban J connectivity index is -0.0000000800. The Morgan fingerprint density at radius 3 is 2.00 bits per heavy atom. The summed E-state index contributed by atoms with van der Waals surface area (Å²) in [4.78, 5) is 0. The molecule has 60 valence electrons. The van der Waals surface area contributed by atoms with Gasteiger partial charge in [-0.3, -0.25) is 0 Å². The molecule has 0 aromatic heterocycles. The molecule has 0 heterocycles. The Labute approximate surface area is 155 Å². The summed E-state index contributed by atoms with van der Waals surface area (Å²) in [6.45, 7) is 0. The van der Waals surface area contributed by atoms with Crippen LogP contribution in [-0.2, 0) is 0 Å². The van der Waals surface area contributed by atoms with Crippen molar-refractivity contribution in [1.82, 2.24) is 0 Å². The quantitative estimate of drug-likeness (QED) is 0.435. The molecule has 0 aliphatic rings. The number of hydrogen-bond acceptors (Lipinski definition) is 1. The number of aromatic hydroxyl groups is 1. The molecular formula is C10H11Na3O. The SMILES string of the molecule is Oc1cccc2ccccc12.[H-].[H-].[H-].[Na+].[Na+].[Na+]. The molecule has 2 rings (SSSR count). The van der Waals surface area contributed by atoms with Gasteiger partial charge in [-0.1, -0.05) is 36.4 Å². The van der Waals surface area contributed by atoms with Gasteiger partial charge in [0.15, 0.2) is 0 Å². The van der Waals surface area contributed by atoms with Crippen LogP contribution in [0.4, 0.5) is 0 Å². The van der Waals surface area contributed by atoms with Crippen molar-refractivity contribution < 1.29 is 98.1 Å². The second kappa shape index (κ2) is 8.63. The van der Waals surface area contributed by atoms with E-state index < -0.39 is 0 Å². The van der Waals surface area contributed by atoms with E-state index in [2.05, 4.69) is 0 Å². The zero-order valence-electron chi connectivity index (χ0n) is 12.0. The van der Waals surface area contributed by atoms with E-state index in [1.54, 1.807) is 6.07 Å². The van der Waals surface area contributed by atoms with Crippen LogP contribution in [0.2, 0.25) is 0 Å². The third-order valence-electron chi connectivity index (χ3n) is 1.77. The standard InChI is InChI=1S/C10H8O.3Na.3H/c11-10-7-3-5-8-4-1-2-6-9(8)10;;;;;;/h1-7,11H;;;;;;/q;3*+1;3*-1. The van der Waals surface area contributed by atoms with Crippen molar-refractivity contribution in [3.8, 4) is 5.75 Å². The van der Waals surface area contributed by atoms with E-state index in [-0.39, 0.29) is 93.0 Å². The summed E-state index contributed by atoms with van der Waals surface area (Å²) in [6, 6.07) is 13.3. The number of benzene rings is 2. The predicted octanol–water partition coefficient (Wildman–Crippen LogP) is -6.11. The van der Waals surface area contributed by atoms with Crippen molar-refractivity contribution in [1.29, 1.82) is 0 Å². The van der Waals surface area contributed by atoms with Crippen LogP contribution in [0.3, 0.4) is 0 Å². The molecule has 0 atom stereocenters. The van der Waals surface area contributed by atoms with E-state index in [9.17, 15) is 5.11 Å². The predicted molar refractivity (Wildman–Crippen MR) is 48.9 cm³/mol. The van der Waals surface area contributed by atoms with Gasteiger partial charge in [0.2, 0.25) is 0 Å². The smallest absolute Gasteiger partial charge is 1.00 e. The molecule has 1 nitrogen and oxygen atoms in total. The summed E-state index contributed by atoms with van der Waals surface area (Å²) in [5.74, 6) is 0.350.